The monoisotopic (exact) mass is 340 g/mol. The van der Waals surface area contributed by atoms with E-state index >= 15 is 0 Å². The summed E-state index contributed by atoms with van der Waals surface area (Å²) in [7, 11) is 3.78. The lowest BCUT2D eigenvalue weighted by atomic mass is 9.99. The first-order chi connectivity index (χ1) is 12.0. The van der Waals surface area contributed by atoms with Gasteiger partial charge in [-0.1, -0.05) is 30.3 Å². The number of rotatable bonds is 4. The number of hydrogen-bond acceptors (Lipinski definition) is 3. The fourth-order valence-corrected chi connectivity index (χ4v) is 3.61. The third kappa shape index (κ3) is 3.76. The van der Waals surface area contributed by atoms with Gasteiger partial charge in [-0.15, -0.1) is 0 Å². The summed E-state index contributed by atoms with van der Waals surface area (Å²) in [6.45, 7) is 6.26. The summed E-state index contributed by atoms with van der Waals surface area (Å²) < 4.78 is 1.76. The Morgan fingerprint density at radius 3 is 2.44 bits per heavy atom. The standard InChI is InChI=1S/C20H28N4O/c1-15-14-19(21-23(15)4)20(25)22(3)18-10-12-24(13-11-18)16(2)17-8-6-5-7-9-17/h5-9,14,16,18H,10-13H2,1-4H3. The first kappa shape index (κ1) is 17.7. The van der Waals surface area contributed by atoms with Crippen molar-refractivity contribution in [1.82, 2.24) is 19.6 Å². The smallest absolute Gasteiger partial charge is 0.274 e. The number of amides is 1. The SMILES string of the molecule is Cc1cc(C(=O)N(C)C2CCN(C(C)c3ccccc3)CC2)nn1C. The molecule has 3 rings (SSSR count). The van der Waals surface area contributed by atoms with Gasteiger partial charge in [0.25, 0.3) is 5.91 Å². The van der Waals surface area contributed by atoms with E-state index in [0.717, 1.165) is 31.6 Å². The molecule has 1 amide bonds. The average Bonchev–Trinajstić information content (AvgIpc) is 2.99. The van der Waals surface area contributed by atoms with Crippen LogP contribution in [0, 0.1) is 6.92 Å². The lowest BCUT2D eigenvalue weighted by Gasteiger charge is -2.39. The second-order valence-corrected chi connectivity index (χ2v) is 7.06. The van der Waals surface area contributed by atoms with Crippen molar-refractivity contribution >= 4 is 5.91 Å². The minimum Gasteiger partial charge on any atom is -0.337 e. The van der Waals surface area contributed by atoms with Crippen LogP contribution in [0.25, 0.3) is 0 Å². The van der Waals surface area contributed by atoms with Crippen molar-refractivity contribution in [2.75, 3.05) is 20.1 Å². The molecule has 0 aliphatic carbocycles. The van der Waals surface area contributed by atoms with Crippen molar-refractivity contribution in [3.63, 3.8) is 0 Å². The molecule has 5 nitrogen and oxygen atoms in total. The van der Waals surface area contributed by atoms with Crippen LogP contribution in [0.4, 0.5) is 0 Å². The fourth-order valence-electron chi connectivity index (χ4n) is 3.61. The van der Waals surface area contributed by atoms with Crippen LogP contribution in [0.1, 0.15) is 47.6 Å². The van der Waals surface area contributed by atoms with Crippen LogP contribution in [0.5, 0.6) is 0 Å². The molecule has 1 aliphatic rings. The molecule has 1 unspecified atom stereocenters. The Morgan fingerprint density at radius 2 is 1.88 bits per heavy atom. The van der Waals surface area contributed by atoms with Gasteiger partial charge in [0.1, 0.15) is 0 Å². The molecule has 1 aromatic carbocycles. The van der Waals surface area contributed by atoms with Gasteiger partial charge in [-0.3, -0.25) is 14.4 Å². The molecular formula is C20H28N4O. The third-order valence-corrected chi connectivity index (χ3v) is 5.53. The summed E-state index contributed by atoms with van der Waals surface area (Å²) in [5.41, 5.74) is 2.90. The zero-order valence-corrected chi connectivity index (χ0v) is 15.6. The van der Waals surface area contributed by atoms with Crippen LogP contribution in [-0.2, 0) is 7.05 Å². The molecule has 1 fully saturated rings. The van der Waals surface area contributed by atoms with Gasteiger partial charge in [0.15, 0.2) is 5.69 Å². The predicted octanol–water partition coefficient (Wildman–Crippen LogP) is 3.03. The molecular weight excluding hydrogens is 312 g/mol. The molecule has 5 heteroatoms. The molecule has 1 saturated heterocycles. The molecule has 1 atom stereocenters. The highest BCUT2D eigenvalue weighted by Crippen LogP contribution is 2.26. The average molecular weight is 340 g/mol. The number of piperidine rings is 1. The van der Waals surface area contributed by atoms with Gasteiger partial charge in [0.05, 0.1) is 0 Å². The van der Waals surface area contributed by atoms with E-state index < -0.39 is 0 Å². The number of likely N-dealkylation sites (tertiary alicyclic amines) is 1. The highest BCUT2D eigenvalue weighted by molar-refractivity contribution is 5.92. The maximum Gasteiger partial charge on any atom is 0.274 e. The van der Waals surface area contributed by atoms with Crippen LogP contribution in [0.15, 0.2) is 36.4 Å². The molecule has 2 heterocycles. The van der Waals surface area contributed by atoms with Crippen LogP contribution < -0.4 is 0 Å². The summed E-state index contributed by atoms with van der Waals surface area (Å²) >= 11 is 0. The van der Waals surface area contributed by atoms with Crippen molar-refractivity contribution < 1.29 is 4.79 Å². The summed E-state index contributed by atoms with van der Waals surface area (Å²) in [6.07, 6.45) is 2.01. The van der Waals surface area contributed by atoms with E-state index in [0.29, 0.717) is 11.7 Å². The van der Waals surface area contributed by atoms with Crippen LogP contribution in [-0.4, -0.2) is 51.7 Å². The van der Waals surface area contributed by atoms with Crippen molar-refractivity contribution in [2.45, 2.75) is 38.8 Å². The van der Waals surface area contributed by atoms with Gasteiger partial charge in [-0.2, -0.15) is 5.10 Å². The van der Waals surface area contributed by atoms with E-state index in [1.165, 1.54) is 5.56 Å². The first-order valence-corrected chi connectivity index (χ1v) is 9.04. The summed E-state index contributed by atoms with van der Waals surface area (Å²) in [4.78, 5) is 17.1. The predicted molar refractivity (Wildman–Crippen MR) is 99.5 cm³/mol. The van der Waals surface area contributed by atoms with Gasteiger partial charge < -0.3 is 4.90 Å². The van der Waals surface area contributed by atoms with Crippen molar-refractivity contribution in [2.24, 2.45) is 7.05 Å². The summed E-state index contributed by atoms with van der Waals surface area (Å²) in [5.74, 6) is 0.0262. The minimum atomic E-state index is 0.0262. The molecule has 0 N–H and O–H groups in total. The number of aryl methyl sites for hydroxylation is 2. The minimum absolute atomic E-state index is 0.0262. The summed E-state index contributed by atoms with van der Waals surface area (Å²) in [6, 6.07) is 13.2. The number of nitrogens with zero attached hydrogens (tertiary/aromatic N) is 4. The van der Waals surface area contributed by atoms with E-state index in [4.69, 9.17) is 0 Å². The Balaban J connectivity index is 1.59. The van der Waals surface area contributed by atoms with Crippen molar-refractivity contribution in [1.29, 1.82) is 0 Å². The third-order valence-electron chi connectivity index (χ3n) is 5.53. The molecule has 25 heavy (non-hydrogen) atoms. The Morgan fingerprint density at radius 1 is 1.24 bits per heavy atom. The second kappa shape index (κ2) is 7.40. The lowest BCUT2D eigenvalue weighted by molar-refractivity contribution is 0.0599. The molecule has 134 valence electrons. The van der Waals surface area contributed by atoms with E-state index in [9.17, 15) is 4.79 Å². The molecule has 2 aromatic rings. The van der Waals surface area contributed by atoms with E-state index in [2.05, 4.69) is 47.3 Å². The normalized spacial score (nSPS) is 17.4. The van der Waals surface area contributed by atoms with Crippen LogP contribution in [0.2, 0.25) is 0 Å². The highest BCUT2D eigenvalue weighted by Gasteiger charge is 2.29. The van der Waals surface area contributed by atoms with Gasteiger partial charge in [-0.05, 0) is 38.3 Å². The number of benzene rings is 1. The van der Waals surface area contributed by atoms with Gasteiger partial charge in [-0.25, -0.2) is 0 Å². The molecule has 1 aliphatic heterocycles. The zero-order valence-electron chi connectivity index (χ0n) is 15.6. The van der Waals surface area contributed by atoms with Gasteiger partial charge in [0.2, 0.25) is 0 Å². The van der Waals surface area contributed by atoms with E-state index in [1.54, 1.807) is 4.68 Å². The maximum absolute atomic E-state index is 12.7. The Bertz CT molecular complexity index is 697. The maximum atomic E-state index is 12.7. The second-order valence-electron chi connectivity index (χ2n) is 7.06. The highest BCUT2D eigenvalue weighted by atomic mass is 16.2. The molecule has 0 spiro atoms. The topological polar surface area (TPSA) is 41.4 Å². The lowest BCUT2D eigenvalue weighted by Crippen LogP contribution is -2.46. The molecule has 1 aromatic heterocycles. The zero-order chi connectivity index (χ0) is 18.0. The van der Waals surface area contributed by atoms with E-state index in [-0.39, 0.29) is 11.9 Å². The van der Waals surface area contributed by atoms with Crippen molar-refractivity contribution in [3.8, 4) is 0 Å². The Kier molecular flexibility index (Phi) is 5.23. The Labute approximate surface area is 150 Å². The van der Waals surface area contributed by atoms with Crippen molar-refractivity contribution in [3.05, 3.63) is 53.3 Å². The molecule has 0 radical (unpaired) electrons. The van der Waals surface area contributed by atoms with Crippen LogP contribution >= 0.6 is 0 Å². The summed E-state index contributed by atoms with van der Waals surface area (Å²) in [5, 5.41) is 4.32. The van der Waals surface area contributed by atoms with Gasteiger partial charge >= 0.3 is 0 Å². The first-order valence-electron chi connectivity index (χ1n) is 9.04. The van der Waals surface area contributed by atoms with Crippen LogP contribution in [0.3, 0.4) is 0 Å². The van der Waals surface area contributed by atoms with Gasteiger partial charge in [0, 0.05) is 45.0 Å². The number of carbonyl (C=O) groups excluding carboxylic acids is 1. The Hall–Kier alpha value is -2.14. The quantitative estimate of drug-likeness (QED) is 0.859. The number of hydrogen-bond donors (Lipinski definition) is 0. The number of aromatic nitrogens is 2. The fraction of sp³-hybridized carbons (Fsp3) is 0.500. The number of carbonyl (C=O) groups is 1. The molecule has 0 saturated carbocycles. The largest absolute Gasteiger partial charge is 0.337 e. The van der Waals surface area contributed by atoms with E-state index in [1.807, 2.05) is 32.0 Å². The molecule has 0 bridgehead atoms.